The van der Waals surface area contributed by atoms with Crippen molar-refractivity contribution in [3.63, 3.8) is 0 Å². The van der Waals surface area contributed by atoms with Crippen molar-refractivity contribution in [1.29, 1.82) is 0 Å². The van der Waals surface area contributed by atoms with Crippen LogP contribution in [0, 0.1) is 5.92 Å². The van der Waals surface area contributed by atoms with E-state index < -0.39 is 0 Å². The van der Waals surface area contributed by atoms with E-state index in [-0.39, 0.29) is 24.3 Å². The molecule has 3 nitrogen and oxygen atoms in total. The fourth-order valence-electron chi connectivity index (χ4n) is 1.11. The summed E-state index contributed by atoms with van der Waals surface area (Å²) in [5.41, 5.74) is 0.944. The molecule has 0 saturated carbocycles. The second kappa shape index (κ2) is 2.86. The van der Waals surface area contributed by atoms with Crippen LogP contribution in [0.25, 0.3) is 0 Å². The van der Waals surface area contributed by atoms with Crippen LogP contribution in [0.3, 0.4) is 0 Å². The Hall–Kier alpha value is -1.12. The zero-order valence-electron chi connectivity index (χ0n) is 6.46. The summed E-state index contributed by atoms with van der Waals surface area (Å²) in [5, 5.41) is 0. The van der Waals surface area contributed by atoms with Crippen LogP contribution < -0.4 is 0 Å². The molecule has 11 heavy (non-hydrogen) atoms. The highest BCUT2D eigenvalue weighted by Gasteiger charge is 2.41. The van der Waals surface area contributed by atoms with Gasteiger partial charge in [-0.15, -0.1) is 6.58 Å². The van der Waals surface area contributed by atoms with Gasteiger partial charge in [0.1, 0.15) is 5.92 Å². The first-order valence-corrected chi connectivity index (χ1v) is 3.50. The molecule has 0 amide bonds. The Morgan fingerprint density at radius 1 is 1.91 bits per heavy atom. The van der Waals surface area contributed by atoms with Crippen LogP contribution in [0.15, 0.2) is 12.2 Å². The maximum atomic E-state index is 10.6. The highest BCUT2D eigenvalue weighted by molar-refractivity contribution is 5.95. The van der Waals surface area contributed by atoms with Gasteiger partial charge in [0.25, 0.3) is 0 Å². The van der Waals surface area contributed by atoms with E-state index in [1.807, 2.05) is 6.92 Å². The molecule has 0 aromatic heterocycles. The molecule has 0 aromatic rings. The maximum Gasteiger partial charge on any atom is 0.495 e. The first-order valence-electron chi connectivity index (χ1n) is 3.50. The normalized spacial score (nSPS) is 23.5. The summed E-state index contributed by atoms with van der Waals surface area (Å²) >= 11 is 0. The Balaban J connectivity index is 2.53. The molecule has 0 radical (unpaired) electrons. The molecule has 0 spiro atoms. The van der Waals surface area contributed by atoms with E-state index in [1.165, 1.54) is 0 Å². The average molecular weight is 155 g/mol. The van der Waals surface area contributed by atoms with Gasteiger partial charge in [0.05, 0.1) is 6.42 Å². The van der Waals surface area contributed by atoms with Gasteiger partial charge in [-0.2, -0.15) is 0 Å². The molecule has 1 saturated heterocycles. The van der Waals surface area contributed by atoms with Gasteiger partial charge in [-0.25, -0.2) is 9.53 Å². The molecule has 1 fully saturated rings. The zero-order chi connectivity index (χ0) is 8.43. The SMILES string of the molecule is C=C(C)CC1CC(=O)OC1=[OH+]. The lowest BCUT2D eigenvalue weighted by Gasteiger charge is -1.96. The zero-order valence-corrected chi connectivity index (χ0v) is 6.46. The van der Waals surface area contributed by atoms with Crippen LogP contribution in [0.2, 0.25) is 0 Å². The number of rotatable bonds is 2. The van der Waals surface area contributed by atoms with Crippen molar-refractivity contribution in [3.05, 3.63) is 12.2 Å². The Kier molecular flexibility index (Phi) is 2.08. The van der Waals surface area contributed by atoms with Crippen molar-refractivity contribution in [1.82, 2.24) is 0 Å². The number of carbonyl (C=O) groups is 1. The molecule has 0 aliphatic carbocycles. The van der Waals surface area contributed by atoms with Crippen LogP contribution in [-0.4, -0.2) is 16.7 Å². The Labute approximate surface area is 65.0 Å². The van der Waals surface area contributed by atoms with Gasteiger partial charge in [0, 0.05) is 0 Å². The van der Waals surface area contributed by atoms with E-state index in [0.29, 0.717) is 6.42 Å². The Morgan fingerprint density at radius 3 is 2.91 bits per heavy atom. The number of hydrogen-bond acceptors (Lipinski definition) is 2. The van der Waals surface area contributed by atoms with Crippen molar-refractivity contribution >= 4 is 11.9 Å². The highest BCUT2D eigenvalue weighted by Crippen LogP contribution is 2.21. The Bertz CT molecular complexity index is 217. The minimum atomic E-state index is -0.353. The predicted molar refractivity (Wildman–Crippen MR) is 40.6 cm³/mol. The summed E-state index contributed by atoms with van der Waals surface area (Å²) in [6.07, 6.45) is 0.899. The first-order chi connectivity index (χ1) is 5.09. The summed E-state index contributed by atoms with van der Waals surface area (Å²) in [6.45, 7) is 5.54. The molecule has 1 heterocycles. The van der Waals surface area contributed by atoms with Crippen LogP contribution in [0.1, 0.15) is 19.8 Å². The lowest BCUT2D eigenvalue weighted by molar-refractivity contribution is -0.133. The quantitative estimate of drug-likeness (QED) is 0.258. The standard InChI is InChI=1S/C8H10O3/c1-5(2)3-6-4-7(9)11-8(6)10/h6H,1,3-4H2,2H3/p+1. The van der Waals surface area contributed by atoms with Gasteiger partial charge in [0.15, 0.2) is 0 Å². The van der Waals surface area contributed by atoms with Gasteiger partial charge in [-0.3, -0.25) is 0 Å². The predicted octanol–water partition coefficient (Wildman–Crippen LogP) is 1.02. The molecule has 1 aliphatic heterocycles. The van der Waals surface area contributed by atoms with E-state index in [9.17, 15) is 4.79 Å². The lowest BCUT2D eigenvalue weighted by Crippen LogP contribution is -2.07. The number of ether oxygens (including phenoxy) is 1. The molecule has 1 atom stereocenters. The lowest BCUT2D eigenvalue weighted by atomic mass is 10.0. The minimum Gasteiger partial charge on any atom is -0.338 e. The van der Waals surface area contributed by atoms with Crippen molar-refractivity contribution in [2.24, 2.45) is 5.92 Å². The van der Waals surface area contributed by atoms with Crippen LogP contribution in [-0.2, 0) is 9.53 Å². The van der Waals surface area contributed by atoms with Crippen molar-refractivity contribution in [3.8, 4) is 0 Å². The number of carbonyl (C=O) groups excluding carboxylic acids is 2. The molecular weight excluding hydrogens is 144 g/mol. The van der Waals surface area contributed by atoms with E-state index >= 15 is 0 Å². The fraction of sp³-hybridized carbons (Fsp3) is 0.500. The van der Waals surface area contributed by atoms with E-state index in [2.05, 4.69) is 11.3 Å². The average Bonchev–Trinajstić information content (AvgIpc) is 2.09. The van der Waals surface area contributed by atoms with E-state index in [4.69, 9.17) is 4.79 Å². The maximum absolute atomic E-state index is 10.6. The van der Waals surface area contributed by atoms with E-state index in [0.717, 1.165) is 5.57 Å². The molecule has 60 valence electrons. The molecular formula is C8H11O3+. The number of hydrogen-bond donors (Lipinski definition) is 0. The van der Waals surface area contributed by atoms with Crippen molar-refractivity contribution in [2.75, 3.05) is 0 Å². The highest BCUT2D eigenvalue weighted by atomic mass is 16.6. The molecule has 0 bridgehead atoms. The Morgan fingerprint density at radius 2 is 2.55 bits per heavy atom. The van der Waals surface area contributed by atoms with Crippen molar-refractivity contribution in [2.45, 2.75) is 19.8 Å². The van der Waals surface area contributed by atoms with Crippen molar-refractivity contribution < 1.29 is 14.3 Å². The molecule has 3 heteroatoms. The van der Waals surface area contributed by atoms with Gasteiger partial charge in [-0.05, 0) is 13.3 Å². The second-order valence-electron chi connectivity index (χ2n) is 2.87. The summed E-state index contributed by atoms with van der Waals surface area (Å²) < 4.78 is 4.47. The van der Waals surface area contributed by atoms with Crippen LogP contribution >= 0.6 is 0 Å². The second-order valence-corrected chi connectivity index (χ2v) is 2.87. The molecule has 1 N–H and O–H groups in total. The molecule has 1 rings (SSSR count). The molecule has 0 aromatic carbocycles. The summed E-state index contributed by atoms with van der Waals surface area (Å²) in [4.78, 5) is 19.7. The summed E-state index contributed by atoms with van der Waals surface area (Å²) in [5.74, 6) is -0.674. The third kappa shape index (κ3) is 1.90. The molecule has 1 aliphatic rings. The van der Waals surface area contributed by atoms with Gasteiger partial charge in [0.2, 0.25) is 0 Å². The van der Waals surface area contributed by atoms with E-state index in [1.54, 1.807) is 0 Å². The van der Waals surface area contributed by atoms with Crippen LogP contribution in [0.5, 0.6) is 0 Å². The van der Waals surface area contributed by atoms with Crippen LogP contribution in [0.4, 0.5) is 0 Å². The number of esters is 2. The summed E-state index contributed by atoms with van der Waals surface area (Å²) in [6, 6.07) is 0. The third-order valence-corrected chi connectivity index (χ3v) is 1.58. The topological polar surface area (TPSA) is 47.7 Å². The third-order valence-electron chi connectivity index (χ3n) is 1.58. The monoisotopic (exact) mass is 155 g/mol. The fourth-order valence-corrected chi connectivity index (χ4v) is 1.11. The smallest absolute Gasteiger partial charge is 0.338 e. The summed E-state index contributed by atoms with van der Waals surface area (Å²) in [7, 11) is 0. The first kappa shape index (κ1) is 7.98. The largest absolute Gasteiger partial charge is 0.495 e. The molecule has 1 unspecified atom stereocenters. The van der Waals surface area contributed by atoms with Gasteiger partial charge < -0.3 is 4.79 Å². The number of cyclic esters (lactones) is 2. The van der Waals surface area contributed by atoms with Gasteiger partial charge in [-0.1, -0.05) is 5.57 Å². The van der Waals surface area contributed by atoms with Gasteiger partial charge >= 0.3 is 11.9 Å². The minimum absolute atomic E-state index is 0.155. The number of allylic oxidation sites excluding steroid dienone is 1.